The fourth-order valence-electron chi connectivity index (χ4n) is 2.93. The Morgan fingerprint density at radius 2 is 1.96 bits per heavy atom. The number of aryl methyl sites for hydroxylation is 1. The minimum absolute atomic E-state index is 0.00356. The highest BCUT2D eigenvalue weighted by molar-refractivity contribution is 7.89. The van der Waals surface area contributed by atoms with Gasteiger partial charge in [0.1, 0.15) is 6.54 Å². The number of sulfonamides is 1. The van der Waals surface area contributed by atoms with Crippen molar-refractivity contribution >= 4 is 21.6 Å². The first-order chi connectivity index (χ1) is 12.0. The number of carbonyl (C=O) groups is 1. The highest BCUT2D eigenvalue weighted by atomic mass is 32.2. The van der Waals surface area contributed by atoms with Crippen LogP contribution in [0.2, 0.25) is 0 Å². The summed E-state index contributed by atoms with van der Waals surface area (Å²) in [6, 6.07) is 7.62. The topological polar surface area (TPSA) is 84.3 Å². The van der Waals surface area contributed by atoms with Gasteiger partial charge in [-0.15, -0.1) is 0 Å². The van der Waals surface area contributed by atoms with Crippen molar-refractivity contribution in [2.24, 2.45) is 0 Å². The Kier molecular flexibility index (Phi) is 5.19. The maximum atomic E-state index is 12.5. The van der Waals surface area contributed by atoms with E-state index in [-0.39, 0.29) is 17.5 Å². The summed E-state index contributed by atoms with van der Waals surface area (Å²) < 4.78 is 27.8. The van der Waals surface area contributed by atoms with E-state index in [4.69, 9.17) is 0 Å². The van der Waals surface area contributed by atoms with Crippen LogP contribution in [0.25, 0.3) is 0 Å². The lowest BCUT2D eigenvalue weighted by Gasteiger charge is -2.12. The van der Waals surface area contributed by atoms with Crippen molar-refractivity contribution < 1.29 is 13.2 Å². The first-order valence-electron chi connectivity index (χ1n) is 8.40. The average Bonchev–Trinajstić information content (AvgIpc) is 3.27. The highest BCUT2D eigenvalue weighted by Crippen LogP contribution is 2.19. The number of hydrogen-bond acceptors (Lipinski definition) is 4. The van der Waals surface area contributed by atoms with Gasteiger partial charge >= 0.3 is 0 Å². The van der Waals surface area contributed by atoms with Crippen molar-refractivity contribution in [3.8, 4) is 0 Å². The van der Waals surface area contributed by atoms with E-state index < -0.39 is 10.0 Å². The zero-order valence-corrected chi connectivity index (χ0v) is 15.0. The molecule has 2 aromatic rings. The predicted octanol–water partition coefficient (Wildman–Crippen LogP) is 1.87. The third kappa shape index (κ3) is 3.91. The van der Waals surface area contributed by atoms with E-state index in [1.807, 2.05) is 31.2 Å². The molecule has 0 radical (unpaired) electrons. The summed E-state index contributed by atoms with van der Waals surface area (Å²) in [5, 5.41) is 2.86. The van der Waals surface area contributed by atoms with E-state index in [2.05, 4.69) is 10.3 Å². The number of nitrogens with zero attached hydrogens (tertiary/aromatic N) is 3. The number of carbonyl (C=O) groups excluding carboxylic acids is 1. The molecule has 2 heterocycles. The molecular weight excluding hydrogens is 340 g/mol. The Labute approximate surface area is 147 Å². The van der Waals surface area contributed by atoms with Gasteiger partial charge in [-0.2, -0.15) is 4.31 Å². The van der Waals surface area contributed by atoms with Crippen molar-refractivity contribution in [3.63, 3.8) is 0 Å². The molecule has 1 aliphatic rings. The van der Waals surface area contributed by atoms with E-state index in [9.17, 15) is 13.2 Å². The second-order valence-electron chi connectivity index (χ2n) is 6.05. The van der Waals surface area contributed by atoms with Crippen LogP contribution in [-0.2, 0) is 27.8 Å². The van der Waals surface area contributed by atoms with E-state index in [1.54, 1.807) is 0 Å². The molecule has 25 heavy (non-hydrogen) atoms. The number of amides is 1. The lowest BCUT2D eigenvalue weighted by atomic mass is 10.1. The monoisotopic (exact) mass is 362 g/mol. The second kappa shape index (κ2) is 7.37. The minimum Gasteiger partial charge on any atom is -0.327 e. The molecule has 1 aliphatic heterocycles. The normalized spacial score (nSPS) is 15.4. The zero-order chi connectivity index (χ0) is 17.9. The van der Waals surface area contributed by atoms with Crippen LogP contribution in [0.4, 0.5) is 5.69 Å². The summed E-state index contributed by atoms with van der Waals surface area (Å²) in [4.78, 5) is 16.2. The number of para-hydroxylation sites is 1. The van der Waals surface area contributed by atoms with Gasteiger partial charge in [-0.3, -0.25) is 4.79 Å². The summed E-state index contributed by atoms with van der Waals surface area (Å²) in [6.07, 6.45) is 5.37. The number of nitrogens with one attached hydrogen (secondary N) is 1. The molecule has 1 fully saturated rings. The maximum Gasteiger partial charge on any atom is 0.262 e. The molecule has 1 aromatic heterocycles. The van der Waals surface area contributed by atoms with Crippen LogP contribution >= 0.6 is 0 Å². The van der Waals surface area contributed by atoms with Crippen molar-refractivity contribution in [2.45, 2.75) is 37.8 Å². The van der Waals surface area contributed by atoms with Crippen LogP contribution in [0.3, 0.4) is 0 Å². The van der Waals surface area contributed by atoms with Gasteiger partial charge in [-0.1, -0.05) is 25.1 Å². The second-order valence-corrected chi connectivity index (χ2v) is 7.94. The van der Waals surface area contributed by atoms with Crippen LogP contribution in [0, 0.1) is 0 Å². The van der Waals surface area contributed by atoms with Gasteiger partial charge in [0.2, 0.25) is 5.91 Å². The average molecular weight is 362 g/mol. The number of imidazole rings is 1. The quantitative estimate of drug-likeness (QED) is 0.850. The SMILES string of the molecule is CCc1ccccc1NC(=O)Cn1cnc(S(=O)(=O)N2CCCC2)c1. The van der Waals surface area contributed by atoms with Gasteiger partial charge in [0.25, 0.3) is 10.0 Å². The molecule has 3 rings (SSSR count). The Balaban J connectivity index is 1.68. The van der Waals surface area contributed by atoms with E-state index in [1.165, 1.54) is 21.4 Å². The molecule has 1 aromatic carbocycles. The van der Waals surface area contributed by atoms with Gasteiger partial charge in [-0.05, 0) is 30.9 Å². The first kappa shape index (κ1) is 17.6. The van der Waals surface area contributed by atoms with Crippen molar-refractivity contribution in [1.82, 2.24) is 13.9 Å². The highest BCUT2D eigenvalue weighted by Gasteiger charge is 2.29. The molecule has 1 saturated heterocycles. The minimum atomic E-state index is -3.55. The predicted molar refractivity (Wildman–Crippen MR) is 94.7 cm³/mol. The molecule has 1 N–H and O–H groups in total. The number of rotatable bonds is 6. The van der Waals surface area contributed by atoms with Crippen molar-refractivity contribution in [2.75, 3.05) is 18.4 Å². The third-order valence-corrected chi connectivity index (χ3v) is 6.06. The number of benzene rings is 1. The van der Waals surface area contributed by atoms with Crippen molar-refractivity contribution in [3.05, 3.63) is 42.4 Å². The Bertz CT molecular complexity index is 854. The summed E-state index contributed by atoms with van der Waals surface area (Å²) in [6.45, 7) is 3.10. The summed E-state index contributed by atoms with van der Waals surface area (Å²) in [5.41, 5.74) is 1.83. The molecule has 0 spiro atoms. The van der Waals surface area contributed by atoms with Crippen LogP contribution in [-0.4, -0.2) is 41.3 Å². The van der Waals surface area contributed by atoms with Crippen molar-refractivity contribution in [1.29, 1.82) is 0 Å². The molecule has 134 valence electrons. The van der Waals surface area contributed by atoms with Gasteiger partial charge in [0.15, 0.2) is 5.03 Å². The zero-order valence-electron chi connectivity index (χ0n) is 14.2. The van der Waals surface area contributed by atoms with Crippen LogP contribution in [0.15, 0.2) is 41.8 Å². The molecular formula is C17H22N4O3S. The lowest BCUT2D eigenvalue weighted by Crippen LogP contribution is -2.28. The number of hydrogen-bond donors (Lipinski definition) is 1. The molecule has 1 amide bonds. The molecule has 0 atom stereocenters. The number of aromatic nitrogens is 2. The molecule has 7 nitrogen and oxygen atoms in total. The fraction of sp³-hybridized carbons (Fsp3) is 0.412. The van der Waals surface area contributed by atoms with Gasteiger partial charge in [-0.25, -0.2) is 13.4 Å². The van der Waals surface area contributed by atoms with Crippen LogP contribution in [0.5, 0.6) is 0 Å². The summed E-state index contributed by atoms with van der Waals surface area (Å²) in [5.74, 6) is -0.219. The molecule has 0 aliphatic carbocycles. The third-order valence-electron chi connectivity index (χ3n) is 4.28. The van der Waals surface area contributed by atoms with Crippen LogP contribution < -0.4 is 5.32 Å². The Hall–Kier alpha value is -2.19. The molecule has 8 heteroatoms. The van der Waals surface area contributed by atoms with Gasteiger partial charge in [0, 0.05) is 25.0 Å². The van der Waals surface area contributed by atoms with Gasteiger partial charge < -0.3 is 9.88 Å². The van der Waals surface area contributed by atoms with E-state index in [0.717, 1.165) is 30.5 Å². The standard InChI is InChI=1S/C17H22N4O3S/c1-2-14-7-3-4-8-15(14)19-16(22)11-20-12-17(18-13-20)25(23,24)21-9-5-6-10-21/h3-4,7-8,12-13H,2,5-6,9-11H2,1H3,(H,19,22). The van der Waals surface area contributed by atoms with E-state index >= 15 is 0 Å². The summed E-state index contributed by atoms with van der Waals surface area (Å²) in [7, 11) is -3.55. The first-order valence-corrected chi connectivity index (χ1v) is 9.84. The molecule has 0 saturated carbocycles. The lowest BCUT2D eigenvalue weighted by molar-refractivity contribution is -0.116. The maximum absolute atomic E-state index is 12.5. The fourth-order valence-corrected chi connectivity index (χ4v) is 4.38. The smallest absolute Gasteiger partial charge is 0.262 e. The number of anilines is 1. The van der Waals surface area contributed by atoms with Crippen LogP contribution in [0.1, 0.15) is 25.3 Å². The Morgan fingerprint density at radius 3 is 2.68 bits per heavy atom. The largest absolute Gasteiger partial charge is 0.327 e. The molecule has 0 bridgehead atoms. The molecule has 0 unspecified atom stereocenters. The van der Waals surface area contributed by atoms with E-state index in [0.29, 0.717) is 13.1 Å². The summed E-state index contributed by atoms with van der Waals surface area (Å²) >= 11 is 0. The van der Waals surface area contributed by atoms with Gasteiger partial charge in [0.05, 0.1) is 6.33 Å². The Morgan fingerprint density at radius 1 is 1.24 bits per heavy atom.